The molecule has 0 unspecified atom stereocenters. The maximum atomic E-state index is 11.8. The number of nitrogens with one attached hydrogen (secondary N) is 1. The summed E-state index contributed by atoms with van der Waals surface area (Å²) in [6.07, 6.45) is 1.26. The molecule has 0 radical (unpaired) electrons. The minimum atomic E-state index is -3.15. The minimum absolute atomic E-state index is 0.341. The Bertz CT molecular complexity index is 783. The molecule has 1 heterocycles. The summed E-state index contributed by atoms with van der Waals surface area (Å²) in [7, 11) is -3.15. The van der Waals surface area contributed by atoms with Gasteiger partial charge in [0.15, 0.2) is 14.6 Å². The molecule has 0 aliphatic heterocycles. The van der Waals surface area contributed by atoms with Crippen LogP contribution >= 0.6 is 12.2 Å². The molecule has 0 spiro atoms. The van der Waals surface area contributed by atoms with Gasteiger partial charge < -0.3 is 9.55 Å². The van der Waals surface area contributed by atoms with Gasteiger partial charge in [0.2, 0.25) is 0 Å². The number of sulfone groups is 1. The van der Waals surface area contributed by atoms with E-state index in [2.05, 4.69) is 4.98 Å². The third-order valence-corrected chi connectivity index (χ3v) is 5.93. The number of hydrogen-bond donors (Lipinski definition) is 1. The van der Waals surface area contributed by atoms with Crippen LogP contribution in [0.25, 0.3) is 11.0 Å². The van der Waals surface area contributed by atoms with Crippen molar-refractivity contribution in [1.82, 2.24) is 9.55 Å². The van der Waals surface area contributed by atoms with E-state index in [1.54, 1.807) is 13.8 Å². The van der Waals surface area contributed by atoms with Crippen molar-refractivity contribution in [1.29, 1.82) is 0 Å². The number of nitrogens with zero attached hydrogens (tertiary/aromatic N) is 1. The lowest BCUT2D eigenvalue weighted by atomic mass is 10.2. The van der Waals surface area contributed by atoms with E-state index in [-0.39, 0.29) is 0 Å². The Morgan fingerprint density at radius 3 is 2.58 bits per heavy atom. The third-order valence-electron chi connectivity index (χ3n) is 3.47. The molecule has 2 rings (SSSR count). The molecular weight excluding hydrogens is 280 g/mol. The van der Waals surface area contributed by atoms with Crippen LogP contribution in [0.3, 0.4) is 0 Å². The van der Waals surface area contributed by atoms with Crippen molar-refractivity contribution in [2.75, 3.05) is 6.26 Å². The lowest BCUT2D eigenvalue weighted by Crippen LogP contribution is -2.35. The van der Waals surface area contributed by atoms with Crippen molar-refractivity contribution in [3.63, 3.8) is 0 Å². The second-order valence-electron chi connectivity index (χ2n) is 5.57. The number of aromatic amines is 1. The smallest absolute Gasteiger partial charge is 0.178 e. The summed E-state index contributed by atoms with van der Waals surface area (Å²) in [5.74, 6) is 0. The van der Waals surface area contributed by atoms with Gasteiger partial charge in [0.25, 0.3) is 0 Å². The van der Waals surface area contributed by atoms with Gasteiger partial charge in [-0.1, -0.05) is 6.07 Å². The summed E-state index contributed by atoms with van der Waals surface area (Å²) in [4.78, 5) is 3.12. The largest absolute Gasteiger partial charge is 0.331 e. The molecule has 0 atom stereocenters. The molecule has 104 valence electrons. The number of aryl methyl sites for hydroxylation is 1. The van der Waals surface area contributed by atoms with Gasteiger partial charge in [-0.2, -0.15) is 0 Å². The SMILES string of the molecule is Cc1ccc2c(c1)[nH]c(=S)n2CC(C)(C)S(C)(=O)=O. The summed E-state index contributed by atoms with van der Waals surface area (Å²) >= 11 is 5.30. The van der Waals surface area contributed by atoms with Crippen molar-refractivity contribution in [3.8, 4) is 0 Å². The lowest BCUT2D eigenvalue weighted by molar-refractivity contribution is 0.506. The topological polar surface area (TPSA) is 54.9 Å². The Labute approximate surface area is 118 Å². The predicted molar refractivity (Wildman–Crippen MR) is 80.8 cm³/mol. The van der Waals surface area contributed by atoms with Crippen molar-refractivity contribution in [3.05, 3.63) is 28.5 Å². The average Bonchev–Trinajstić information content (AvgIpc) is 2.52. The monoisotopic (exact) mass is 298 g/mol. The molecular formula is C13H18N2O2S2. The van der Waals surface area contributed by atoms with Gasteiger partial charge in [0.1, 0.15) is 0 Å². The van der Waals surface area contributed by atoms with E-state index in [0.29, 0.717) is 11.3 Å². The van der Waals surface area contributed by atoms with Gasteiger partial charge in [-0.05, 0) is 50.7 Å². The summed E-state index contributed by atoms with van der Waals surface area (Å²) in [5, 5.41) is 0. The lowest BCUT2D eigenvalue weighted by Gasteiger charge is -2.23. The zero-order chi connectivity index (χ0) is 14.4. The van der Waals surface area contributed by atoms with E-state index in [1.165, 1.54) is 6.26 Å². The van der Waals surface area contributed by atoms with Crippen molar-refractivity contribution >= 4 is 33.1 Å². The summed E-state index contributed by atoms with van der Waals surface area (Å²) in [5.41, 5.74) is 3.01. The number of imidazole rings is 1. The normalized spacial score (nSPS) is 13.1. The number of fused-ring (bicyclic) bond motifs is 1. The molecule has 0 amide bonds. The second kappa shape index (κ2) is 4.45. The number of hydrogen-bond acceptors (Lipinski definition) is 3. The van der Waals surface area contributed by atoms with E-state index in [1.807, 2.05) is 29.7 Å². The Morgan fingerprint density at radius 1 is 1.37 bits per heavy atom. The fraction of sp³-hybridized carbons (Fsp3) is 0.462. The Balaban J connectivity index is 2.59. The molecule has 1 aromatic heterocycles. The number of rotatable bonds is 3. The van der Waals surface area contributed by atoms with Crippen LogP contribution in [-0.2, 0) is 16.4 Å². The van der Waals surface area contributed by atoms with E-state index < -0.39 is 14.6 Å². The highest BCUT2D eigenvalue weighted by molar-refractivity contribution is 7.92. The number of aromatic nitrogens is 2. The highest BCUT2D eigenvalue weighted by atomic mass is 32.2. The molecule has 4 nitrogen and oxygen atoms in total. The van der Waals surface area contributed by atoms with Gasteiger partial charge in [-0.3, -0.25) is 0 Å². The van der Waals surface area contributed by atoms with Gasteiger partial charge in [-0.15, -0.1) is 0 Å². The van der Waals surface area contributed by atoms with E-state index in [0.717, 1.165) is 16.6 Å². The van der Waals surface area contributed by atoms with Crippen LogP contribution in [0, 0.1) is 11.7 Å². The van der Waals surface area contributed by atoms with Crippen molar-refractivity contribution in [2.24, 2.45) is 0 Å². The molecule has 2 aromatic rings. The molecule has 0 fully saturated rings. The van der Waals surface area contributed by atoms with Crippen LogP contribution in [0.5, 0.6) is 0 Å². The zero-order valence-corrected chi connectivity index (χ0v) is 13.2. The fourth-order valence-corrected chi connectivity index (χ4v) is 2.57. The summed E-state index contributed by atoms with van der Waals surface area (Å²) in [6.45, 7) is 5.79. The van der Waals surface area contributed by atoms with Crippen LogP contribution in [0.1, 0.15) is 19.4 Å². The quantitative estimate of drug-likeness (QED) is 0.887. The third kappa shape index (κ3) is 2.60. The first kappa shape index (κ1) is 14.3. The van der Waals surface area contributed by atoms with Crippen LogP contribution in [0.15, 0.2) is 18.2 Å². The molecule has 6 heteroatoms. The maximum Gasteiger partial charge on any atom is 0.178 e. The summed E-state index contributed by atoms with van der Waals surface area (Å²) in [6, 6.07) is 5.97. The Kier molecular flexibility index (Phi) is 3.35. The number of H-pyrrole nitrogens is 1. The first-order chi connectivity index (χ1) is 8.62. The number of benzene rings is 1. The van der Waals surface area contributed by atoms with E-state index >= 15 is 0 Å². The molecule has 0 aliphatic rings. The highest BCUT2D eigenvalue weighted by Crippen LogP contribution is 2.22. The van der Waals surface area contributed by atoms with Crippen LogP contribution in [0.4, 0.5) is 0 Å². The molecule has 0 saturated carbocycles. The first-order valence-electron chi connectivity index (χ1n) is 6.00. The second-order valence-corrected chi connectivity index (χ2v) is 8.60. The van der Waals surface area contributed by atoms with E-state index in [9.17, 15) is 8.42 Å². The van der Waals surface area contributed by atoms with Gasteiger partial charge in [0.05, 0.1) is 15.8 Å². The van der Waals surface area contributed by atoms with Crippen LogP contribution in [-0.4, -0.2) is 29.0 Å². The molecule has 0 saturated heterocycles. The highest BCUT2D eigenvalue weighted by Gasteiger charge is 2.31. The summed E-state index contributed by atoms with van der Waals surface area (Å²) < 4.78 is 25.2. The van der Waals surface area contributed by atoms with Gasteiger partial charge in [0, 0.05) is 12.8 Å². The maximum absolute atomic E-state index is 11.8. The van der Waals surface area contributed by atoms with E-state index in [4.69, 9.17) is 12.2 Å². The molecule has 1 N–H and O–H groups in total. The Hall–Kier alpha value is -1.14. The predicted octanol–water partition coefficient (Wildman–Crippen LogP) is 2.83. The minimum Gasteiger partial charge on any atom is -0.331 e. The molecule has 19 heavy (non-hydrogen) atoms. The molecule has 0 aliphatic carbocycles. The van der Waals surface area contributed by atoms with Gasteiger partial charge in [-0.25, -0.2) is 8.42 Å². The average molecular weight is 298 g/mol. The standard InChI is InChI=1S/C13H18N2O2S2/c1-9-5-6-11-10(7-9)14-12(18)15(11)8-13(2,3)19(4,16)17/h5-7H,8H2,1-4H3,(H,14,18). The molecule has 0 bridgehead atoms. The zero-order valence-electron chi connectivity index (χ0n) is 11.5. The van der Waals surface area contributed by atoms with Crippen LogP contribution in [0.2, 0.25) is 0 Å². The van der Waals surface area contributed by atoms with Crippen LogP contribution < -0.4 is 0 Å². The van der Waals surface area contributed by atoms with Crippen molar-refractivity contribution < 1.29 is 8.42 Å². The van der Waals surface area contributed by atoms with Gasteiger partial charge >= 0.3 is 0 Å². The van der Waals surface area contributed by atoms with Crippen molar-refractivity contribution in [2.45, 2.75) is 32.1 Å². The fourth-order valence-electron chi connectivity index (χ4n) is 1.93. The Morgan fingerprint density at radius 2 is 2.00 bits per heavy atom. The molecule has 1 aromatic carbocycles. The first-order valence-corrected chi connectivity index (χ1v) is 8.30.